The summed E-state index contributed by atoms with van der Waals surface area (Å²) in [5.74, 6) is -0.465. The third-order valence-corrected chi connectivity index (χ3v) is 3.68. The molecular weight excluding hydrogens is 192 g/mol. The smallest absolute Gasteiger partial charge is 0.310 e. The third-order valence-electron chi connectivity index (χ3n) is 3.68. The van der Waals surface area contributed by atoms with Crippen molar-refractivity contribution in [3.8, 4) is 0 Å². The Balaban J connectivity index is 2.72. The topological polar surface area (TPSA) is 57.5 Å². The Bertz CT molecular complexity index is 213. The highest BCUT2D eigenvalue weighted by Crippen LogP contribution is 2.50. The largest absolute Gasteiger partial charge is 0.481 e. The lowest BCUT2D eigenvalue weighted by Gasteiger charge is -2.47. The summed E-state index contributed by atoms with van der Waals surface area (Å²) >= 11 is 0. The van der Waals surface area contributed by atoms with Gasteiger partial charge < -0.3 is 10.2 Å². The molecule has 88 valence electrons. The average Bonchev–Trinajstić information content (AvgIpc) is 2.12. The van der Waals surface area contributed by atoms with Gasteiger partial charge in [-0.25, -0.2) is 0 Å². The lowest BCUT2D eigenvalue weighted by molar-refractivity contribution is -0.172. The average molecular weight is 214 g/mol. The SMILES string of the molecule is CCCC(CCC)C1(C(=O)O)CC(O)C1. The van der Waals surface area contributed by atoms with Crippen LogP contribution in [0.5, 0.6) is 0 Å². The molecule has 0 radical (unpaired) electrons. The summed E-state index contributed by atoms with van der Waals surface area (Å²) in [6.45, 7) is 4.18. The molecule has 3 nitrogen and oxygen atoms in total. The van der Waals surface area contributed by atoms with Gasteiger partial charge in [-0.3, -0.25) is 4.79 Å². The molecule has 0 aromatic carbocycles. The number of hydrogen-bond acceptors (Lipinski definition) is 2. The molecule has 1 aliphatic rings. The quantitative estimate of drug-likeness (QED) is 0.714. The van der Waals surface area contributed by atoms with E-state index < -0.39 is 17.5 Å². The van der Waals surface area contributed by atoms with E-state index in [1.54, 1.807) is 0 Å². The highest BCUT2D eigenvalue weighted by atomic mass is 16.4. The maximum Gasteiger partial charge on any atom is 0.310 e. The van der Waals surface area contributed by atoms with Gasteiger partial charge in [0.1, 0.15) is 0 Å². The zero-order valence-corrected chi connectivity index (χ0v) is 9.70. The van der Waals surface area contributed by atoms with Crippen LogP contribution in [0.15, 0.2) is 0 Å². The fourth-order valence-electron chi connectivity index (χ4n) is 2.86. The van der Waals surface area contributed by atoms with Crippen LogP contribution in [0.1, 0.15) is 52.4 Å². The minimum Gasteiger partial charge on any atom is -0.481 e. The minimum atomic E-state index is -0.709. The Morgan fingerprint density at radius 1 is 1.33 bits per heavy atom. The van der Waals surface area contributed by atoms with Crippen LogP contribution in [0.25, 0.3) is 0 Å². The Kier molecular flexibility index (Phi) is 4.14. The molecule has 0 amide bonds. The van der Waals surface area contributed by atoms with Gasteiger partial charge in [-0.1, -0.05) is 26.7 Å². The molecule has 1 rings (SSSR count). The molecule has 1 aliphatic carbocycles. The second kappa shape index (κ2) is 4.97. The van der Waals surface area contributed by atoms with Gasteiger partial charge in [0.25, 0.3) is 0 Å². The summed E-state index contributed by atoms with van der Waals surface area (Å²) in [4.78, 5) is 11.3. The van der Waals surface area contributed by atoms with Gasteiger partial charge in [-0.2, -0.15) is 0 Å². The van der Waals surface area contributed by atoms with E-state index in [-0.39, 0.29) is 5.92 Å². The molecule has 15 heavy (non-hydrogen) atoms. The molecule has 2 N–H and O–H groups in total. The Morgan fingerprint density at radius 2 is 1.80 bits per heavy atom. The number of aliphatic hydroxyl groups is 1. The maximum atomic E-state index is 11.3. The highest BCUT2D eigenvalue weighted by Gasteiger charge is 2.54. The van der Waals surface area contributed by atoms with Gasteiger partial charge in [0.05, 0.1) is 11.5 Å². The van der Waals surface area contributed by atoms with Crippen molar-refractivity contribution < 1.29 is 15.0 Å². The maximum absolute atomic E-state index is 11.3. The van der Waals surface area contributed by atoms with Crippen LogP contribution < -0.4 is 0 Å². The van der Waals surface area contributed by atoms with Crippen LogP contribution >= 0.6 is 0 Å². The normalized spacial score (nSPS) is 30.3. The van der Waals surface area contributed by atoms with Crippen molar-refractivity contribution in [3.05, 3.63) is 0 Å². The second-order valence-corrected chi connectivity index (χ2v) is 4.80. The first kappa shape index (κ1) is 12.5. The van der Waals surface area contributed by atoms with Gasteiger partial charge in [-0.15, -0.1) is 0 Å². The summed E-state index contributed by atoms with van der Waals surface area (Å²) in [7, 11) is 0. The fraction of sp³-hybridized carbons (Fsp3) is 0.917. The zero-order valence-electron chi connectivity index (χ0n) is 9.70. The first-order valence-corrected chi connectivity index (χ1v) is 5.98. The van der Waals surface area contributed by atoms with Gasteiger partial charge in [0.2, 0.25) is 0 Å². The van der Waals surface area contributed by atoms with E-state index in [1.165, 1.54) is 0 Å². The van der Waals surface area contributed by atoms with E-state index in [9.17, 15) is 15.0 Å². The van der Waals surface area contributed by atoms with Gasteiger partial charge in [0.15, 0.2) is 0 Å². The van der Waals surface area contributed by atoms with Crippen molar-refractivity contribution in [1.29, 1.82) is 0 Å². The van der Waals surface area contributed by atoms with Crippen molar-refractivity contribution in [2.24, 2.45) is 11.3 Å². The fourth-order valence-corrected chi connectivity index (χ4v) is 2.86. The minimum absolute atomic E-state index is 0.244. The molecule has 0 spiro atoms. The third kappa shape index (κ3) is 2.33. The van der Waals surface area contributed by atoms with Gasteiger partial charge >= 0.3 is 5.97 Å². The van der Waals surface area contributed by atoms with Crippen LogP contribution in [-0.2, 0) is 4.79 Å². The van der Waals surface area contributed by atoms with Crippen LogP contribution in [0.2, 0.25) is 0 Å². The Morgan fingerprint density at radius 3 is 2.07 bits per heavy atom. The van der Waals surface area contributed by atoms with Crippen LogP contribution in [0.3, 0.4) is 0 Å². The highest BCUT2D eigenvalue weighted by molar-refractivity contribution is 5.76. The molecule has 0 saturated heterocycles. The van der Waals surface area contributed by atoms with Gasteiger partial charge in [-0.05, 0) is 31.6 Å². The first-order valence-electron chi connectivity index (χ1n) is 5.98. The standard InChI is InChI=1S/C12H22O3/c1-3-5-9(6-4-2)12(11(14)15)7-10(13)8-12/h9-10,13H,3-8H2,1-2H3,(H,14,15). The number of carboxylic acid groups (broad SMARTS) is 1. The van der Waals surface area contributed by atoms with E-state index >= 15 is 0 Å². The first-order chi connectivity index (χ1) is 7.06. The van der Waals surface area contributed by atoms with Crippen molar-refractivity contribution >= 4 is 5.97 Å². The summed E-state index contributed by atoms with van der Waals surface area (Å²) in [5.41, 5.74) is -0.620. The van der Waals surface area contributed by atoms with E-state index in [4.69, 9.17) is 0 Å². The van der Waals surface area contributed by atoms with Crippen molar-refractivity contribution in [2.75, 3.05) is 0 Å². The van der Waals surface area contributed by atoms with Crippen molar-refractivity contribution in [1.82, 2.24) is 0 Å². The molecule has 0 aromatic heterocycles. The summed E-state index contributed by atoms with van der Waals surface area (Å²) in [6.07, 6.45) is 4.49. The van der Waals surface area contributed by atoms with E-state index in [1.807, 2.05) is 0 Å². The number of aliphatic hydroxyl groups excluding tert-OH is 1. The Labute approximate surface area is 91.5 Å². The predicted octanol–water partition coefficient (Wildman–Crippen LogP) is 2.43. The zero-order chi connectivity index (χ0) is 11.5. The van der Waals surface area contributed by atoms with E-state index in [0.29, 0.717) is 12.8 Å². The van der Waals surface area contributed by atoms with Crippen molar-refractivity contribution in [2.45, 2.75) is 58.5 Å². The monoisotopic (exact) mass is 214 g/mol. The van der Waals surface area contributed by atoms with Crippen LogP contribution in [-0.4, -0.2) is 22.3 Å². The number of carbonyl (C=O) groups is 1. The van der Waals surface area contributed by atoms with Crippen LogP contribution in [0, 0.1) is 11.3 Å². The van der Waals surface area contributed by atoms with E-state index in [0.717, 1.165) is 25.7 Å². The number of rotatable bonds is 6. The molecule has 3 heteroatoms. The van der Waals surface area contributed by atoms with Gasteiger partial charge in [0, 0.05) is 0 Å². The van der Waals surface area contributed by atoms with Crippen molar-refractivity contribution in [3.63, 3.8) is 0 Å². The summed E-state index contributed by atoms with van der Waals surface area (Å²) in [6, 6.07) is 0. The molecule has 0 unspecified atom stereocenters. The molecule has 0 aromatic rings. The van der Waals surface area contributed by atoms with Crippen LogP contribution in [0.4, 0.5) is 0 Å². The van der Waals surface area contributed by atoms with E-state index in [2.05, 4.69) is 13.8 Å². The molecule has 0 aliphatic heterocycles. The summed E-state index contributed by atoms with van der Waals surface area (Å²) < 4.78 is 0. The number of carboxylic acids is 1. The lowest BCUT2D eigenvalue weighted by Crippen LogP contribution is -2.51. The number of aliphatic carboxylic acids is 1. The Hall–Kier alpha value is -0.570. The number of hydrogen-bond donors (Lipinski definition) is 2. The second-order valence-electron chi connectivity index (χ2n) is 4.80. The molecule has 1 fully saturated rings. The molecule has 0 heterocycles. The predicted molar refractivity (Wildman–Crippen MR) is 58.6 cm³/mol. The molecular formula is C12H22O3. The molecule has 1 saturated carbocycles. The molecule has 0 bridgehead atoms. The molecule has 0 atom stereocenters. The summed E-state index contributed by atoms with van der Waals surface area (Å²) in [5, 5.41) is 18.7. The lowest BCUT2D eigenvalue weighted by atomic mass is 9.57.